The number of ether oxygens (including phenoxy) is 3. The first-order chi connectivity index (χ1) is 12.1. The molecule has 0 bridgehead atoms. The van der Waals surface area contributed by atoms with Gasteiger partial charge in [0.05, 0.1) is 33.0 Å². The van der Waals surface area contributed by atoms with E-state index < -0.39 is 21.8 Å². The fourth-order valence-electron chi connectivity index (χ4n) is 4.32. The second-order valence-electron chi connectivity index (χ2n) is 6.13. The number of rotatable bonds is 3. The number of nitrogens with two attached hydrogens (primary N) is 1. The van der Waals surface area contributed by atoms with E-state index in [0.29, 0.717) is 29.4 Å². The molecule has 0 unspecified atom stereocenters. The third-order valence-electron chi connectivity index (χ3n) is 5.35. The minimum atomic E-state index is -1.22. The molecule has 1 aromatic rings. The molecule has 0 aromatic heterocycles. The average Bonchev–Trinajstić information content (AvgIpc) is 2.88. The smallest absolute Gasteiger partial charge is 0.230 e. The van der Waals surface area contributed by atoms with Crippen LogP contribution in [0.4, 0.5) is 0 Å². The number of para-hydroxylation sites is 1. The van der Waals surface area contributed by atoms with Crippen LogP contribution in [0.15, 0.2) is 23.2 Å². The third kappa shape index (κ3) is 1.53. The maximum absolute atomic E-state index is 10.1. The van der Waals surface area contributed by atoms with E-state index >= 15 is 0 Å². The van der Waals surface area contributed by atoms with Gasteiger partial charge in [0.2, 0.25) is 5.06 Å². The topological polar surface area (TPSA) is 114 Å². The van der Waals surface area contributed by atoms with E-state index in [9.17, 15) is 10.5 Å². The summed E-state index contributed by atoms with van der Waals surface area (Å²) < 4.78 is 16.8. The van der Waals surface area contributed by atoms with Crippen LogP contribution < -0.4 is 15.2 Å². The minimum Gasteiger partial charge on any atom is -0.493 e. The SMILES string of the molecule is COc1cccc([C@H]2[C@@]3(C#N)[C@@]4(N=C(N)[C@@]23C#N)OCCS4)c1OC. The van der Waals surface area contributed by atoms with Crippen molar-refractivity contribution in [2.75, 3.05) is 26.6 Å². The Morgan fingerprint density at radius 2 is 2.12 bits per heavy atom. The van der Waals surface area contributed by atoms with Crippen LogP contribution in [0.3, 0.4) is 0 Å². The van der Waals surface area contributed by atoms with Crippen molar-refractivity contribution in [1.29, 1.82) is 10.5 Å². The number of thioether (sulfide) groups is 1. The summed E-state index contributed by atoms with van der Waals surface area (Å²) in [4.78, 5) is 4.43. The van der Waals surface area contributed by atoms with Gasteiger partial charge in [0.1, 0.15) is 11.3 Å². The molecule has 1 aromatic carbocycles. The van der Waals surface area contributed by atoms with Crippen molar-refractivity contribution in [3.8, 4) is 23.6 Å². The van der Waals surface area contributed by atoms with Gasteiger partial charge in [0, 0.05) is 17.2 Å². The number of fused-ring (bicyclic) bond motifs is 2. The number of aliphatic imine (C=N–C) groups is 1. The summed E-state index contributed by atoms with van der Waals surface area (Å²) in [6.45, 7) is 0.467. The average molecular weight is 356 g/mol. The van der Waals surface area contributed by atoms with E-state index in [2.05, 4.69) is 17.1 Å². The molecule has 25 heavy (non-hydrogen) atoms. The highest BCUT2D eigenvalue weighted by Crippen LogP contribution is 2.84. The highest BCUT2D eigenvalue weighted by Gasteiger charge is 2.93. The van der Waals surface area contributed by atoms with Crippen molar-refractivity contribution in [1.82, 2.24) is 0 Å². The molecular weight excluding hydrogens is 340 g/mol. The normalized spacial score (nSPS) is 37.8. The molecule has 1 aliphatic carbocycles. The van der Waals surface area contributed by atoms with Crippen LogP contribution in [-0.2, 0) is 4.74 Å². The van der Waals surface area contributed by atoms with Crippen molar-refractivity contribution in [2.45, 2.75) is 11.0 Å². The van der Waals surface area contributed by atoms with Gasteiger partial charge in [-0.25, -0.2) is 4.99 Å². The van der Waals surface area contributed by atoms with E-state index in [1.54, 1.807) is 13.2 Å². The Morgan fingerprint density at radius 3 is 2.68 bits per heavy atom. The number of hydrogen-bond acceptors (Lipinski definition) is 8. The maximum atomic E-state index is 10.1. The zero-order valence-corrected chi connectivity index (χ0v) is 14.6. The van der Waals surface area contributed by atoms with Crippen LogP contribution in [0.1, 0.15) is 11.5 Å². The lowest BCUT2D eigenvalue weighted by atomic mass is 9.95. The summed E-state index contributed by atoms with van der Waals surface area (Å²) in [7, 11) is 3.08. The number of nitrogens with zero attached hydrogens (tertiary/aromatic N) is 3. The Balaban J connectivity index is 1.96. The largest absolute Gasteiger partial charge is 0.493 e. The zero-order chi connectivity index (χ0) is 17.9. The quantitative estimate of drug-likeness (QED) is 0.875. The van der Waals surface area contributed by atoms with Crippen LogP contribution in [0.2, 0.25) is 0 Å². The highest BCUT2D eigenvalue weighted by atomic mass is 32.2. The number of benzene rings is 1. The molecule has 3 aliphatic rings. The van der Waals surface area contributed by atoms with Gasteiger partial charge in [-0.15, -0.1) is 0 Å². The third-order valence-corrected chi connectivity index (χ3v) is 6.64. The summed E-state index contributed by atoms with van der Waals surface area (Å²) in [6.07, 6.45) is 0. The minimum absolute atomic E-state index is 0.154. The summed E-state index contributed by atoms with van der Waals surface area (Å²) in [6, 6.07) is 10.0. The predicted octanol–water partition coefficient (Wildman–Crippen LogP) is 1.61. The highest BCUT2D eigenvalue weighted by molar-refractivity contribution is 8.00. The van der Waals surface area contributed by atoms with E-state index in [1.165, 1.54) is 18.9 Å². The lowest BCUT2D eigenvalue weighted by molar-refractivity contribution is 0.0200. The first-order valence-corrected chi connectivity index (χ1v) is 8.74. The number of hydrogen-bond donors (Lipinski definition) is 1. The molecule has 0 amide bonds. The molecular formula is C17H16N4O3S. The van der Waals surface area contributed by atoms with Gasteiger partial charge in [-0.2, -0.15) is 10.5 Å². The fourth-order valence-corrected chi connectivity index (χ4v) is 5.65. The molecule has 4 rings (SSSR count). The van der Waals surface area contributed by atoms with Gasteiger partial charge in [-0.05, 0) is 6.07 Å². The van der Waals surface area contributed by atoms with Crippen LogP contribution in [0, 0.1) is 33.5 Å². The van der Waals surface area contributed by atoms with Gasteiger partial charge in [-0.1, -0.05) is 23.9 Å². The molecule has 2 aliphatic heterocycles. The molecule has 0 radical (unpaired) electrons. The Bertz CT molecular complexity index is 868. The molecule has 128 valence electrons. The van der Waals surface area contributed by atoms with Gasteiger partial charge < -0.3 is 19.9 Å². The van der Waals surface area contributed by atoms with Crippen LogP contribution >= 0.6 is 11.8 Å². The number of nitriles is 2. The van der Waals surface area contributed by atoms with Gasteiger partial charge in [-0.3, -0.25) is 0 Å². The fraction of sp³-hybridized carbons (Fsp3) is 0.471. The standard InChI is InChI=1S/C17H16N4O3S/c1-22-11-5-3-4-10(12(11)23-2)13-15(8-18)14(20)21-17(16(13,15)9-19)24-6-7-25-17/h3-5,13H,6-7H2,1-2H3,(H2,20,21)/t13-,15-,16-,17-/m1/s1. The second-order valence-corrected chi connectivity index (χ2v) is 7.38. The summed E-state index contributed by atoms with van der Waals surface area (Å²) in [5.41, 5.74) is 4.48. The van der Waals surface area contributed by atoms with E-state index in [1.807, 2.05) is 12.1 Å². The molecule has 8 heteroatoms. The molecule has 1 saturated heterocycles. The van der Waals surface area contributed by atoms with Crippen molar-refractivity contribution in [3.63, 3.8) is 0 Å². The zero-order valence-electron chi connectivity index (χ0n) is 13.8. The number of amidine groups is 1. The Hall–Kier alpha value is -2.42. The summed E-state index contributed by atoms with van der Waals surface area (Å²) in [5, 5.41) is 19.0. The second kappa shape index (κ2) is 5.04. The summed E-state index contributed by atoms with van der Waals surface area (Å²) >= 11 is 1.43. The van der Waals surface area contributed by atoms with Crippen LogP contribution in [0.25, 0.3) is 0 Å². The Kier molecular flexibility index (Phi) is 3.24. The molecule has 1 saturated carbocycles. The van der Waals surface area contributed by atoms with E-state index in [0.717, 1.165) is 0 Å². The Morgan fingerprint density at radius 1 is 1.32 bits per heavy atom. The molecule has 4 atom stereocenters. The van der Waals surface area contributed by atoms with E-state index in [-0.39, 0.29) is 5.84 Å². The van der Waals surface area contributed by atoms with Crippen molar-refractivity contribution >= 4 is 17.6 Å². The van der Waals surface area contributed by atoms with Crippen LogP contribution in [-0.4, -0.2) is 37.5 Å². The molecule has 7 nitrogen and oxygen atoms in total. The van der Waals surface area contributed by atoms with Gasteiger partial charge in [0.25, 0.3) is 0 Å². The molecule has 2 N–H and O–H groups in total. The van der Waals surface area contributed by atoms with Crippen molar-refractivity contribution < 1.29 is 14.2 Å². The molecule has 2 fully saturated rings. The first kappa shape index (κ1) is 16.1. The monoisotopic (exact) mass is 356 g/mol. The lowest BCUT2D eigenvalue weighted by Gasteiger charge is -2.26. The van der Waals surface area contributed by atoms with Crippen LogP contribution in [0.5, 0.6) is 11.5 Å². The molecule has 2 heterocycles. The maximum Gasteiger partial charge on any atom is 0.230 e. The van der Waals surface area contributed by atoms with E-state index in [4.69, 9.17) is 19.9 Å². The first-order valence-electron chi connectivity index (χ1n) is 7.75. The number of methoxy groups -OCH3 is 2. The predicted molar refractivity (Wildman–Crippen MR) is 91.1 cm³/mol. The van der Waals surface area contributed by atoms with Gasteiger partial charge >= 0.3 is 0 Å². The Labute approximate surface area is 149 Å². The van der Waals surface area contributed by atoms with Crippen molar-refractivity contribution in [2.24, 2.45) is 21.6 Å². The summed E-state index contributed by atoms with van der Waals surface area (Å²) in [5.74, 6) is 1.39. The molecule has 1 spiro atoms. The lowest BCUT2D eigenvalue weighted by Crippen LogP contribution is -2.34. The van der Waals surface area contributed by atoms with Crippen molar-refractivity contribution in [3.05, 3.63) is 23.8 Å². The van der Waals surface area contributed by atoms with Gasteiger partial charge in [0.15, 0.2) is 16.9 Å².